The number of amides is 1. The first-order valence-corrected chi connectivity index (χ1v) is 12.6. The number of hydrazone groups is 1. The Balaban J connectivity index is 1.33. The number of thioether (sulfide) groups is 1. The van der Waals surface area contributed by atoms with E-state index in [9.17, 15) is 9.90 Å². The molecule has 0 saturated heterocycles. The summed E-state index contributed by atoms with van der Waals surface area (Å²) in [5.74, 6) is 0.467. The highest BCUT2D eigenvalue weighted by molar-refractivity contribution is 9.10. The van der Waals surface area contributed by atoms with Crippen LogP contribution in [0.3, 0.4) is 0 Å². The van der Waals surface area contributed by atoms with Crippen molar-refractivity contribution >= 4 is 50.6 Å². The molecule has 0 spiro atoms. The van der Waals surface area contributed by atoms with Gasteiger partial charge in [-0.25, -0.2) is 5.43 Å². The summed E-state index contributed by atoms with van der Waals surface area (Å²) in [6.07, 6.45) is 4.87. The monoisotopic (exact) mass is 558 g/mol. The molecule has 0 unspecified atom stereocenters. The van der Waals surface area contributed by atoms with Crippen LogP contribution >= 0.6 is 27.7 Å². The van der Waals surface area contributed by atoms with Gasteiger partial charge in [-0.1, -0.05) is 58.0 Å². The second-order valence-corrected chi connectivity index (χ2v) is 9.52. The van der Waals surface area contributed by atoms with E-state index in [1.165, 1.54) is 18.0 Å². The first-order valence-electron chi connectivity index (χ1n) is 10.9. The summed E-state index contributed by atoms with van der Waals surface area (Å²) < 4.78 is 2.84. The van der Waals surface area contributed by atoms with Crippen molar-refractivity contribution in [1.82, 2.24) is 25.2 Å². The molecule has 2 aromatic heterocycles. The highest BCUT2D eigenvalue weighted by atomic mass is 79.9. The van der Waals surface area contributed by atoms with Crippen LogP contribution in [-0.2, 0) is 4.79 Å². The van der Waals surface area contributed by atoms with Crippen molar-refractivity contribution in [3.8, 4) is 22.8 Å². The maximum absolute atomic E-state index is 12.5. The van der Waals surface area contributed by atoms with Crippen molar-refractivity contribution in [2.24, 2.45) is 5.10 Å². The molecular formula is C26H19BrN6O2S. The van der Waals surface area contributed by atoms with Crippen molar-refractivity contribution in [1.29, 1.82) is 0 Å². The number of pyridine rings is 1. The molecule has 0 fully saturated rings. The zero-order valence-corrected chi connectivity index (χ0v) is 21.1. The van der Waals surface area contributed by atoms with Crippen LogP contribution in [0.4, 0.5) is 0 Å². The normalized spacial score (nSPS) is 11.2. The van der Waals surface area contributed by atoms with Crippen LogP contribution < -0.4 is 5.43 Å². The number of aromatic hydroxyl groups is 1. The molecule has 2 heterocycles. The number of rotatable bonds is 7. The van der Waals surface area contributed by atoms with Gasteiger partial charge in [0.15, 0.2) is 11.0 Å². The summed E-state index contributed by atoms with van der Waals surface area (Å²) in [5.41, 5.74) is 4.73. The van der Waals surface area contributed by atoms with Crippen molar-refractivity contribution in [2.75, 3.05) is 5.75 Å². The number of nitrogens with one attached hydrogen (secondary N) is 1. The Kier molecular flexibility index (Phi) is 7.06. The molecule has 2 N–H and O–H groups in total. The van der Waals surface area contributed by atoms with Gasteiger partial charge in [-0.15, -0.1) is 10.2 Å². The molecule has 5 aromatic rings. The number of carbonyl (C=O) groups is 1. The third kappa shape index (κ3) is 5.14. The van der Waals surface area contributed by atoms with E-state index >= 15 is 0 Å². The minimum absolute atomic E-state index is 0.0700. The third-order valence-electron chi connectivity index (χ3n) is 5.30. The minimum atomic E-state index is -0.315. The topological polar surface area (TPSA) is 105 Å². The molecule has 8 nitrogen and oxygen atoms in total. The molecule has 5 rings (SSSR count). The number of hydrogen-bond donors (Lipinski definition) is 2. The molecular weight excluding hydrogens is 540 g/mol. The number of benzene rings is 3. The second-order valence-electron chi connectivity index (χ2n) is 7.66. The Morgan fingerprint density at radius 3 is 2.69 bits per heavy atom. The molecule has 0 bridgehead atoms. The van der Waals surface area contributed by atoms with Gasteiger partial charge in [-0.2, -0.15) is 5.10 Å². The number of aromatic nitrogens is 4. The van der Waals surface area contributed by atoms with E-state index in [4.69, 9.17) is 0 Å². The van der Waals surface area contributed by atoms with Gasteiger partial charge in [0, 0.05) is 33.7 Å². The number of hydrogen-bond acceptors (Lipinski definition) is 7. The molecule has 3 aromatic carbocycles. The van der Waals surface area contributed by atoms with E-state index in [1.54, 1.807) is 18.5 Å². The molecule has 0 aliphatic carbocycles. The molecule has 0 atom stereocenters. The average Bonchev–Trinajstić information content (AvgIpc) is 3.33. The van der Waals surface area contributed by atoms with Crippen LogP contribution in [0, 0.1) is 0 Å². The number of carbonyl (C=O) groups excluding carboxylic acids is 1. The lowest BCUT2D eigenvalue weighted by Gasteiger charge is -2.10. The average molecular weight is 559 g/mol. The van der Waals surface area contributed by atoms with E-state index in [1.807, 2.05) is 71.3 Å². The van der Waals surface area contributed by atoms with Gasteiger partial charge in [-0.3, -0.25) is 14.3 Å². The summed E-state index contributed by atoms with van der Waals surface area (Å²) >= 11 is 4.70. The Bertz CT molecular complexity index is 1550. The fourth-order valence-corrected chi connectivity index (χ4v) is 4.63. The molecule has 10 heteroatoms. The van der Waals surface area contributed by atoms with E-state index in [0.29, 0.717) is 16.5 Å². The fourth-order valence-electron chi connectivity index (χ4n) is 3.62. The number of halogens is 1. The number of fused-ring (bicyclic) bond motifs is 1. The van der Waals surface area contributed by atoms with Gasteiger partial charge >= 0.3 is 0 Å². The molecule has 1 amide bonds. The van der Waals surface area contributed by atoms with Gasteiger partial charge < -0.3 is 5.11 Å². The van der Waals surface area contributed by atoms with Crippen LogP contribution in [0.25, 0.3) is 27.8 Å². The van der Waals surface area contributed by atoms with Crippen LogP contribution in [0.2, 0.25) is 0 Å². The van der Waals surface area contributed by atoms with Crippen molar-refractivity contribution in [3.05, 3.63) is 95.2 Å². The Hall–Kier alpha value is -4.02. The predicted molar refractivity (Wildman–Crippen MR) is 144 cm³/mol. The number of nitrogens with zero attached hydrogens (tertiary/aromatic N) is 5. The van der Waals surface area contributed by atoms with Crippen LogP contribution in [0.15, 0.2) is 99.9 Å². The number of phenolic OH excluding ortho intramolecular Hbond substituents is 1. The fraction of sp³-hybridized carbons (Fsp3) is 0.0385. The van der Waals surface area contributed by atoms with Crippen LogP contribution in [-0.4, -0.2) is 42.7 Å². The molecule has 36 heavy (non-hydrogen) atoms. The quantitative estimate of drug-likeness (QED) is 0.162. The van der Waals surface area contributed by atoms with Gasteiger partial charge in [0.25, 0.3) is 5.91 Å². The molecule has 178 valence electrons. The molecule has 0 saturated carbocycles. The predicted octanol–water partition coefficient (Wildman–Crippen LogP) is 5.19. The first kappa shape index (κ1) is 23.7. The maximum Gasteiger partial charge on any atom is 0.250 e. The number of phenols is 1. The van der Waals surface area contributed by atoms with E-state index in [2.05, 4.69) is 41.6 Å². The lowest BCUT2D eigenvalue weighted by atomic mass is 10.0. The molecule has 0 radical (unpaired) electrons. The second kappa shape index (κ2) is 10.7. The summed E-state index contributed by atoms with van der Waals surface area (Å²) in [6.45, 7) is 0. The first-order chi connectivity index (χ1) is 17.6. The van der Waals surface area contributed by atoms with Crippen LogP contribution in [0.5, 0.6) is 5.75 Å². The zero-order valence-electron chi connectivity index (χ0n) is 18.7. The summed E-state index contributed by atoms with van der Waals surface area (Å²) in [5, 5.41) is 25.3. The van der Waals surface area contributed by atoms with E-state index in [-0.39, 0.29) is 17.4 Å². The largest absolute Gasteiger partial charge is 0.507 e. The SMILES string of the molecule is O=C(CSc1nnc(-c2cccnc2)n1-c1ccc(Br)cc1)NN=Cc1c(O)ccc2ccccc12. The van der Waals surface area contributed by atoms with Gasteiger partial charge in [0.05, 0.1) is 12.0 Å². The van der Waals surface area contributed by atoms with E-state index in [0.717, 1.165) is 26.5 Å². The van der Waals surface area contributed by atoms with E-state index < -0.39 is 0 Å². The lowest BCUT2D eigenvalue weighted by Crippen LogP contribution is -2.20. The van der Waals surface area contributed by atoms with Crippen molar-refractivity contribution < 1.29 is 9.90 Å². The lowest BCUT2D eigenvalue weighted by molar-refractivity contribution is -0.118. The van der Waals surface area contributed by atoms with Gasteiger partial charge in [0.1, 0.15) is 5.75 Å². The smallest absolute Gasteiger partial charge is 0.250 e. The highest BCUT2D eigenvalue weighted by Crippen LogP contribution is 2.28. The maximum atomic E-state index is 12.5. The Morgan fingerprint density at radius 2 is 1.89 bits per heavy atom. The minimum Gasteiger partial charge on any atom is -0.507 e. The standard InChI is InChI=1S/C26H19BrN6O2S/c27-19-8-10-20(11-9-19)33-25(18-5-3-13-28-14-18)31-32-26(33)36-16-24(35)30-29-15-22-21-6-2-1-4-17(21)7-12-23(22)34/h1-15,34H,16H2,(H,30,35). The zero-order chi connectivity index (χ0) is 24.9. The van der Waals surface area contributed by atoms with Crippen LogP contribution in [0.1, 0.15) is 5.56 Å². The van der Waals surface area contributed by atoms with Gasteiger partial charge in [0.2, 0.25) is 0 Å². The molecule has 0 aliphatic rings. The summed E-state index contributed by atoms with van der Waals surface area (Å²) in [6, 6.07) is 22.6. The van der Waals surface area contributed by atoms with Crippen molar-refractivity contribution in [2.45, 2.75) is 5.16 Å². The highest BCUT2D eigenvalue weighted by Gasteiger charge is 2.17. The Morgan fingerprint density at radius 1 is 1.06 bits per heavy atom. The van der Waals surface area contributed by atoms with Gasteiger partial charge in [-0.05, 0) is 53.2 Å². The summed E-state index contributed by atoms with van der Waals surface area (Å²) in [4.78, 5) is 16.7. The van der Waals surface area contributed by atoms with Crippen molar-refractivity contribution in [3.63, 3.8) is 0 Å². The Labute approximate surface area is 219 Å². The third-order valence-corrected chi connectivity index (χ3v) is 6.76. The molecule has 0 aliphatic heterocycles. The summed E-state index contributed by atoms with van der Waals surface area (Å²) in [7, 11) is 0.